The monoisotopic (exact) mass is 394 g/mol. The first kappa shape index (κ1) is 24.9. The third kappa shape index (κ3) is 9.74. The van der Waals surface area contributed by atoms with Crippen molar-refractivity contribution < 1.29 is 4.39 Å². The molecule has 0 bridgehead atoms. The molecule has 2 atom stereocenters. The molecule has 0 amide bonds. The Morgan fingerprint density at radius 1 is 1.17 bits per heavy atom. The van der Waals surface area contributed by atoms with Crippen LogP contribution < -0.4 is 0 Å². The van der Waals surface area contributed by atoms with Crippen LogP contribution in [0.1, 0.15) is 72.3 Å². The maximum Gasteiger partial charge on any atom is 0.123 e. The van der Waals surface area contributed by atoms with E-state index in [1.807, 2.05) is 25.1 Å². The van der Waals surface area contributed by atoms with Gasteiger partial charge in [-0.1, -0.05) is 94.4 Å². The van der Waals surface area contributed by atoms with Gasteiger partial charge in [0.15, 0.2) is 0 Å². The minimum atomic E-state index is -0.207. The van der Waals surface area contributed by atoms with Crippen LogP contribution in [0.2, 0.25) is 0 Å². The van der Waals surface area contributed by atoms with Crippen molar-refractivity contribution in [3.63, 3.8) is 0 Å². The molecule has 0 aromatic heterocycles. The Morgan fingerprint density at radius 3 is 2.45 bits per heavy atom. The normalized spacial score (nSPS) is 15.6. The average Bonchev–Trinajstić information content (AvgIpc) is 2.72. The van der Waals surface area contributed by atoms with Crippen molar-refractivity contribution in [1.82, 2.24) is 0 Å². The van der Waals surface area contributed by atoms with Gasteiger partial charge in [0.25, 0.3) is 0 Å². The van der Waals surface area contributed by atoms with Crippen LogP contribution >= 0.6 is 0 Å². The fourth-order valence-electron chi connectivity index (χ4n) is 3.30. The van der Waals surface area contributed by atoms with Crippen molar-refractivity contribution in [3.8, 4) is 0 Å². The molecule has 0 spiro atoms. The lowest BCUT2D eigenvalue weighted by molar-refractivity contribution is 0.572. The second-order valence-electron chi connectivity index (χ2n) is 8.10. The molecule has 0 saturated carbocycles. The maximum atomic E-state index is 13.2. The number of allylic oxidation sites excluding steroid dienone is 9. The zero-order valence-electron chi connectivity index (χ0n) is 19.0. The van der Waals surface area contributed by atoms with Gasteiger partial charge in [-0.3, -0.25) is 0 Å². The van der Waals surface area contributed by atoms with E-state index in [2.05, 4.69) is 64.7 Å². The molecule has 0 N–H and O–H groups in total. The molecule has 0 fully saturated rings. The quantitative estimate of drug-likeness (QED) is 0.310. The van der Waals surface area contributed by atoms with E-state index < -0.39 is 0 Å². The number of hydrogen-bond acceptors (Lipinski definition) is 0. The van der Waals surface area contributed by atoms with E-state index in [-0.39, 0.29) is 5.82 Å². The molecule has 0 saturated heterocycles. The summed E-state index contributed by atoms with van der Waals surface area (Å²) in [7, 11) is 0. The van der Waals surface area contributed by atoms with Gasteiger partial charge >= 0.3 is 0 Å². The topological polar surface area (TPSA) is 0 Å². The Morgan fingerprint density at radius 2 is 1.86 bits per heavy atom. The Labute approximate surface area is 178 Å². The first-order valence-corrected chi connectivity index (χ1v) is 11.0. The summed E-state index contributed by atoms with van der Waals surface area (Å²) in [5.74, 6) is 0.993. The minimum Gasteiger partial charge on any atom is -0.207 e. The van der Waals surface area contributed by atoms with Crippen LogP contribution in [0.5, 0.6) is 0 Å². The predicted molar refractivity (Wildman–Crippen MR) is 128 cm³/mol. The van der Waals surface area contributed by atoms with Gasteiger partial charge in [0.05, 0.1) is 0 Å². The lowest BCUT2D eigenvalue weighted by atomic mass is 9.94. The van der Waals surface area contributed by atoms with E-state index >= 15 is 0 Å². The summed E-state index contributed by atoms with van der Waals surface area (Å²) < 4.78 is 13.2. The molecule has 158 valence electrons. The van der Waals surface area contributed by atoms with Crippen molar-refractivity contribution >= 4 is 5.57 Å². The van der Waals surface area contributed by atoms with Crippen LogP contribution in [0.25, 0.3) is 5.57 Å². The van der Waals surface area contributed by atoms with Crippen molar-refractivity contribution in [2.45, 2.75) is 66.7 Å². The molecular weight excluding hydrogens is 355 g/mol. The molecule has 1 aromatic carbocycles. The van der Waals surface area contributed by atoms with Gasteiger partial charge < -0.3 is 0 Å². The molecule has 0 aliphatic heterocycles. The Bertz CT molecular complexity index is 728. The highest BCUT2D eigenvalue weighted by atomic mass is 19.1. The molecule has 0 radical (unpaired) electrons. The fourth-order valence-corrected chi connectivity index (χ4v) is 3.30. The molecule has 1 aromatic rings. The van der Waals surface area contributed by atoms with Crippen molar-refractivity contribution in [3.05, 3.63) is 89.8 Å². The number of benzene rings is 1. The summed E-state index contributed by atoms with van der Waals surface area (Å²) in [5, 5.41) is 0. The largest absolute Gasteiger partial charge is 0.207 e. The van der Waals surface area contributed by atoms with E-state index in [1.165, 1.54) is 42.5 Å². The molecule has 0 nitrogen and oxygen atoms in total. The van der Waals surface area contributed by atoms with Gasteiger partial charge in [-0.05, 0) is 73.8 Å². The number of halogens is 1. The SMILES string of the molecule is C=C/C(=C\C(=C/C)c1ccc(F)cc1)CC(C)C/C=C\C=C(/C)C(C)CCCC. The molecule has 0 heterocycles. The van der Waals surface area contributed by atoms with Gasteiger partial charge in [-0.2, -0.15) is 0 Å². The van der Waals surface area contributed by atoms with E-state index in [1.54, 1.807) is 0 Å². The summed E-state index contributed by atoms with van der Waals surface area (Å²) in [6.07, 6.45) is 18.8. The van der Waals surface area contributed by atoms with E-state index in [0.29, 0.717) is 11.8 Å². The van der Waals surface area contributed by atoms with Crippen LogP contribution in [0.4, 0.5) is 4.39 Å². The van der Waals surface area contributed by atoms with Crippen LogP contribution in [0.15, 0.2) is 78.4 Å². The third-order valence-corrected chi connectivity index (χ3v) is 5.48. The van der Waals surface area contributed by atoms with Crippen molar-refractivity contribution in [1.29, 1.82) is 0 Å². The highest BCUT2D eigenvalue weighted by Gasteiger charge is 2.05. The van der Waals surface area contributed by atoms with Gasteiger partial charge in [0.2, 0.25) is 0 Å². The number of hydrogen-bond donors (Lipinski definition) is 0. The van der Waals surface area contributed by atoms with Crippen molar-refractivity contribution in [2.75, 3.05) is 0 Å². The smallest absolute Gasteiger partial charge is 0.123 e. The number of unbranched alkanes of at least 4 members (excludes halogenated alkanes) is 1. The first-order valence-electron chi connectivity index (χ1n) is 11.0. The molecule has 1 rings (SSSR count). The standard InChI is InChI=1S/C28H39F/c1-7-10-14-23(5)24(6)15-12-11-13-22(4)20-25(8-2)21-26(9-3)27-16-18-28(29)19-17-27/h8-9,11-12,15-19,21-23H,2,7,10,13-14,20H2,1,3-6H3/b12-11-,24-15+,25-21+,26-9+. The molecule has 1 heteroatoms. The molecule has 0 aliphatic rings. The summed E-state index contributed by atoms with van der Waals surface area (Å²) in [6.45, 7) is 15.1. The molecule has 2 unspecified atom stereocenters. The van der Waals surface area contributed by atoms with Crippen LogP contribution in [0.3, 0.4) is 0 Å². The summed E-state index contributed by atoms with van der Waals surface area (Å²) >= 11 is 0. The summed E-state index contributed by atoms with van der Waals surface area (Å²) in [4.78, 5) is 0. The van der Waals surface area contributed by atoms with Crippen LogP contribution in [-0.2, 0) is 0 Å². The Kier molecular flexibility index (Phi) is 12.0. The molecule has 29 heavy (non-hydrogen) atoms. The van der Waals surface area contributed by atoms with E-state index in [0.717, 1.165) is 24.0 Å². The third-order valence-electron chi connectivity index (χ3n) is 5.48. The molecular formula is C28H39F. The lowest BCUT2D eigenvalue weighted by Crippen LogP contribution is -1.96. The van der Waals surface area contributed by atoms with E-state index in [9.17, 15) is 4.39 Å². The summed E-state index contributed by atoms with van der Waals surface area (Å²) in [5.41, 5.74) is 4.80. The van der Waals surface area contributed by atoms with Crippen LogP contribution in [0, 0.1) is 17.7 Å². The van der Waals surface area contributed by atoms with E-state index in [4.69, 9.17) is 0 Å². The van der Waals surface area contributed by atoms with Gasteiger partial charge in [0.1, 0.15) is 5.82 Å². The fraction of sp³-hybridized carbons (Fsp3) is 0.429. The van der Waals surface area contributed by atoms with Gasteiger partial charge in [-0.25, -0.2) is 4.39 Å². The maximum absolute atomic E-state index is 13.2. The highest BCUT2D eigenvalue weighted by molar-refractivity contribution is 5.74. The Hall–Kier alpha value is -2.15. The molecule has 0 aliphatic carbocycles. The minimum absolute atomic E-state index is 0.207. The first-order chi connectivity index (χ1) is 13.9. The second kappa shape index (κ2) is 13.9. The highest BCUT2D eigenvalue weighted by Crippen LogP contribution is 2.23. The van der Waals surface area contributed by atoms with Gasteiger partial charge in [-0.15, -0.1) is 0 Å². The van der Waals surface area contributed by atoms with Crippen molar-refractivity contribution in [2.24, 2.45) is 11.8 Å². The zero-order chi connectivity index (χ0) is 21.6. The zero-order valence-corrected chi connectivity index (χ0v) is 19.0. The number of rotatable bonds is 12. The predicted octanol–water partition coefficient (Wildman–Crippen LogP) is 9.09. The lowest BCUT2D eigenvalue weighted by Gasteiger charge is -2.12. The second-order valence-corrected chi connectivity index (χ2v) is 8.10. The average molecular weight is 395 g/mol. The summed E-state index contributed by atoms with van der Waals surface area (Å²) in [6, 6.07) is 6.66. The van der Waals surface area contributed by atoms with Crippen LogP contribution in [-0.4, -0.2) is 0 Å². The van der Waals surface area contributed by atoms with Gasteiger partial charge in [0, 0.05) is 0 Å². The Balaban J connectivity index is 2.66.